The molecule has 0 unspecified atom stereocenters. The Bertz CT molecular complexity index is 547. The Hall–Kier alpha value is -1.05. The highest BCUT2D eigenvalue weighted by Crippen LogP contribution is 2.29. The molecular formula is C19H33Cl2N3O3. The minimum absolute atomic E-state index is 0. The van der Waals surface area contributed by atoms with Gasteiger partial charge in [0.25, 0.3) is 0 Å². The highest BCUT2D eigenvalue weighted by atomic mass is 35.5. The highest BCUT2D eigenvalue weighted by Gasteiger charge is 2.39. The second-order valence-corrected chi connectivity index (χ2v) is 6.95. The van der Waals surface area contributed by atoms with Crippen LogP contribution in [0.1, 0.15) is 18.4 Å². The zero-order valence-electron chi connectivity index (χ0n) is 16.5. The molecule has 156 valence electrons. The average Bonchev–Trinajstić information content (AvgIpc) is 2.61. The summed E-state index contributed by atoms with van der Waals surface area (Å²) >= 11 is 0. The number of hydrogen-bond acceptors (Lipinski definition) is 5. The molecule has 1 aliphatic rings. The Kier molecular flexibility index (Phi) is 12.7. The Labute approximate surface area is 175 Å². The average molecular weight is 422 g/mol. The van der Waals surface area contributed by atoms with E-state index in [0.717, 1.165) is 43.8 Å². The van der Waals surface area contributed by atoms with Gasteiger partial charge in [0.05, 0.1) is 12.0 Å². The molecule has 1 aromatic carbocycles. The summed E-state index contributed by atoms with van der Waals surface area (Å²) in [6, 6.07) is 7.90. The number of amides is 1. The number of rotatable bonds is 9. The molecule has 0 bridgehead atoms. The van der Waals surface area contributed by atoms with Gasteiger partial charge in [0.2, 0.25) is 5.91 Å². The van der Waals surface area contributed by atoms with E-state index in [0.29, 0.717) is 19.8 Å². The predicted molar refractivity (Wildman–Crippen MR) is 113 cm³/mol. The number of carbonyl (C=O) groups is 1. The van der Waals surface area contributed by atoms with E-state index < -0.39 is 5.41 Å². The smallest absolute Gasteiger partial charge is 0.228 e. The molecule has 1 saturated heterocycles. The zero-order chi connectivity index (χ0) is 18.1. The maximum absolute atomic E-state index is 12.8. The number of benzene rings is 1. The fraction of sp³-hybridized carbons (Fsp3) is 0.632. The van der Waals surface area contributed by atoms with Crippen molar-refractivity contribution in [2.45, 2.75) is 19.4 Å². The van der Waals surface area contributed by atoms with Crippen LogP contribution in [0.4, 0.5) is 0 Å². The van der Waals surface area contributed by atoms with E-state index in [1.54, 1.807) is 7.11 Å². The van der Waals surface area contributed by atoms with Gasteiger partial charge in [-0.1, -0.05) is 12.1 Å². The Morgan fingerprint density at radius 1 is 1.26 bits per heavy atom. The van der Waals surface area contributed by atoms with Crippen LogP contribution in [0, 0.1) is 5.41 Å². The van der Waals surface area contributed by atoms with Gasteiger partial charge in [0.15, 0.2) is 0 Å². The van der Waals surface area contributed by atoms with Gasteiger partial charge in [-0.25, -0.2) is 0 Å². The lowest BCUT2D eigenvalue weighted by Crippen LogP contribution is -2.49. The van der Waals surface area contributed by atoms with Crippen LogP contribution in [-0.2, 0) is 16.1 Å². The van der Waals surface area contributed by atoms with Crippen molar-refractivity contribution in [3.63, 3.8) is 0 Å². The van der Waals surface area contributed by atoms with Crippen molar-refractivity contribution in [3.8, 4) is 5.75 Å². The van der Waals surface area contributed by atoms with E-state index in [9.17, 15) is 4.79 Å². The summed E-state index contributed by atoms with van der Waals surface area (Å²) in [4.78, 5) is 14.8. The molecule has 1 aliphatic heterocycles. The van der Waals surface area contributed by atoms with Crippen molar-refractivity contribution >= 4 is 30.7 Å². The van der Waals surface area contributed by atoms with E-state index in [1.165, 1.54) is 0 Å². The molecule has 27 heavy (non-hydrogen) atoms. The van der Waals surface area contributed by atoms with E-state index in [4.69, 9.17) is 9.47 Å². The fourth-order valence-corrected chi connectivity index (χ4v) is 3.08. The van der Waals surface area contributed by atoms with Crippen LogP contribution in [0.15, 0.2) is 24.3 Å². The number of carbonyl (C=O) groups excluding carboxylic acids is 1. The van der Waals surface area contributed by atoms with Crippen LogP contribution >= 0.6 is 24.8 Å². The van der Waals surface area contributed by atoms with Gasteiger partial charge in [-0.05, 0) is 57.7 Å². The van der Waals surface area contributed by atoms with Crippen molar-refractivity contribution in [1.29, 1.82) is 0 Å². The van der Waals surface area contributed by atoms with E-state index in [1.807, 2.05) is 38.4 Å². The third-order valence-electron chi connectivity index (χ3n) is 4.62. The molecule has 2 N–H and O–H groups in total. The number of likely N-dealkylation sites (N-methyl/N-ethyl adjacent to an activating group) is 1. The first kappa shape index (κ1) is 26.0. The Morgan fingerprint density at radius 3 is 2.59 bits per heavy atom. The van der Waals surface area contributed by atoms with Gasteiger partial charge in [-0.2, -0.15) is 0 Å². The van der Waals surface area contributed by atoms with Gasteiger partial charge in [0.1, 0.15) is 12.4 Å². The van der Waals surface area contributed by atoms with Crippen LogP contribution in [-0.4, -0.2) is 64.9 Å². The van der Waals surface area contributed by atoms with Gasteiger partial charge >= 0.3 is 0 Å². The number of piperidine rings is 1. The number of nitrogens with one attached hydrogen (secondary N) is 2. The summed E-state index contributed by atoms with van der Waals surface area (Å²) in [7, 11) is 5.70. The summed E-state index contributed by atoms with van der Waals surface area (Å²) < 4.78 is 11.1. The van der Waals surface area contributed by atoms with Crippen molar-refractivity contribution in [2.75, 3.05) is 54.1 Å². The first-order valence-electron chi connectivity index (χ1n) is 8.90. The molecule has 1 amide bonds. The lowest BCUT2D eigenvalue weighted by Gasteiger charge is -2.35. The van der Waals surface area contributed by atoms with Gasteiger partial charge in [0, 0.05) is 20.2 Å². The molecular weight excluding hydrogens is 389 g/mol. The molecule has 0 spiro atoms. The van der Waals surface area contributed by atoms with Gasteiger partial charge in [-0.3, -0.25) is 4.79 Å². The van der Waals surface area contributed by atoms with Crippen LogP contribution in [0.2, 0.25) is 0 Å². The summed E-state index contributed by atoms with van der Waals surface area (Å²) in [5, 5.41) is 6.39. The lowest BCUT2D eigenvalue weighted by atomic mass is 9.78. The molecule has 0 atom stereocenters. The highest BCUT2D eigenvalue weighted by molar-refractivity contribution is 5.85. The SMILES string of the molecule is COCC1(C(=O)NCc2cccc(OCCN(C)C)c2)CCNCC1.Cl.Cl. The molecule has 0 aliphatic carbocycles. The quantitative estimate of drug-likeness (QED) is 0.638. The van der Waals surface area contributed by atoms with Crippen molar-refractivity contribution in [1.82, 2.24) is 15.5 Å². The molecule has 0 radical (unpaired) electrons. The molecule has 8 heteroatoms. The molecule has 1 heterocycles. The number of halogens is 2. The molecule has 0 aromatic heterocycles. The third-order valence-corrected chi connectivity index (χ3v) is 4.62. The molecule has 2 rings (SSSR count). The largest absolute Gasteiger partial charge is 0.492 e. The summed E-state index contributed by atoms with van der Waals surface area (Å²) in [6.07, 6.45) is 1.61. The molecule has 0 saturated carbocycles. The third kappa shape index (κ3) is 8.23. The molecule has 1 aromatic rings. The van der Waals surface area contributed by atoms with Crippen molar-refractivity contribution < 1.29 is 14.3 Å². The first-order chi connectivity index (χ1) is 12.1. The maximum Gasteiger partial charge on any atom is 0.228 e. The van der Waals surface area contributed by atoms with Crippen LogP contribution in [0.5, 0.6) is 5.75 Å². The number of ether oxygens (including phenoxy) is 2. The number of methoxy groups -OCH3 is 1. The van der Waals surface area contributed by atoms with Crippen LogP contribution < -0.4 is 15.4 Å². The first-order valence-corrected chi connectivity index (χ1v) is 8.90. The van der Waals surface area contributed by atoms with Gasteiger partial charge < -0.3 is 25.0 Å². The zero-order valence-corrected chi connectivity index (χ0v) is 18.1. The minimum atomic E-state index is -0.417. The minimum Gasteiger partial charge on any atom is -0.492 e. The van der Waals surface area contributed by atoms with Gasteiger partial charge in [-0.15, -0.1) is 24.8 Å². The van der Waals surface area contributed by atoms with E-state index >= 15 is 0 Å². The van der Waals surface area contributed by atoms with E-state index in [-0.39, 0.29) is 30.7 Å². The predicted octanol–water partition coefficient (Wildman–Crippen LogP) is 2.10. The summed E-state index contributed by atoms with van der Waals surface area (Å²) in [5.41, 5.74) is 0.622. The van der Waals surface area contributed by atoms with Crippen LogP contribution in [0.3, 0.4) is 0 Å². The maximum atomic E-state index is 12.8. The monoisotopic (exact) mass is 421 g/mol. The van der Waals surface area contributed by atoms with Crippen LogP contribution in [0.25, 0.3) is 0 Å². The second-order valence-electron chi connectivity index (χ2n) is 6.95. The summed E-state index contributed by atoms with van der Waals surface area (Å²) in [6.45, 7) is 4.19. The summed E-state index contributed by atoms with van der Waals surface area (Å²) in [5.74, 6) is 0.914. The fourth-order valence-electron chi connectivity index (χ4n) is 3.08. The molecule has 6 nitrogen and oxygen atoms in total. The van der Waals surface area contributed by atoms with Crippen molar-refractivity contribution in [2.24, 2.45) is 5.41 Å². The Balaban J connectivity index is 0.00000338. The number of nitrogens with zero attached hydrogens (tertiary/aromatic N) is 1. The topological polar surface area (TPSA) is 62.8 Å². The second kappa shape index (κ2) is 13.2. The Morgan fingerprint density at radius 2 is 1.96 bits per heavy atom. The normalized spacial score (nSPS) is 15.4. The van der Waals surface area contributed by atoms with E-state index in [2.05, 4.69) is 15.5 Å². The lowest BCUT2D eigenvalue weighted by molar-refractivity contribution is -0.136. The molecule has 1 fully saturated rings. The number of hydrogen-bond donors (Lipinski definition) is 2. The van der Waals surface area contributed by atoms with Crippen molar-refractivity contribution in [3.05, 3.63) is 29.8 Å². The standard InChI is InChI=1S/C19H31N3O3.2ClH/c1-22(2)11-12-25-17-6-4-5-16(13-17)14-21-18(23)19(15-24-3)7-9-20-10-8-19;;/h4-6,13,20H,7-12,14-15H2,1-3H3,(H,21,23);2*1H.